The van der Waals surface area contributed by atoms with Gasteiger partial charge in [-0.2, -0.15) is 0 Å². The summed E-state index contributed by atoms with van der Waals surface area (Å²) in [4.78, 5) is 0.995. The zero-order valence-electron chi connectivity index (χ0n) is 10.4. The van der Waals surface area contributed by atoms with Crippen LogP contribution in [0.15, 0.2) is 48.5 Å². The average Bonchev–Trinajstić information content (AvgIpc) is 2.89. The highest BCUT2D eigenvalue weighted by atomic mass is 35.5. The van der Waals surface area contributed by atoms with Gasteiger partial charge in [0.25, 0.3) is 0 Å². The number of hydrogen-bond donors (Lipinski definition) is 2. The number of fused-ring (bicyclic) bond motifs is 1. The van der Waals surface area contributed by atoms with Gasteiger partial charge in [-0.1, -0.05) is 41.9 Å². The van der Waals surface area contributed by atoms with E-state index in [1.807, 2.05) is 30.3 Å². The Balaban J connectivity index is 2.20. The fraction of sp³-hybridized carbons (Fsp3) is 0.0667. The summed E-state index contributed by atoms with van der Waals surface area (Å²) in [6.45, 7) is 0. The first-order chi connectivity index (χ1) is 9.70. The molecule has 0 radical (unpaired) electrons. The summed E-state index contributed by atoms with van der Waals surface area (Å²) in [5.74, 6) is 5.46. The number of hydrazine groups is 1. The summed E-state index contributed by atoms with van der Waals surface area (Å²) in [5, 5.41) is 1.44. The van der Waals surface area contributed by atoms with Gasteiger partial charge in [-0.3, -0.25) is 5.84 Å². The molecule has 0 amide bonds. The van der Waals surface area contributed by atoms with Crippen molar-refractivity contribution in [3.63, 3.8) is 0 Å². The Labute approximate surface area is 125 Å². The third-order valence-corrected chi connectivity index (χ3v) is 4.56. The van der Waals surface area contributed by atoms with Gasteiger partial charge in [-0.05, 0) is 29.1 Å². The molecule has 1 atom stereocenters. The average molecular weight is 307 g/mol. The van der Waals surface area contributed by atoms with Crippen molar-refractivity contribution >= 4 is 33.7 Å². The number of hydrogen-bond acceptors (Lipinski definition) is 3. The number of benzene rings is 2. The molecule has 0 aliphatic heterocycles. The van der Waals surface area contributed by atoms with Crippen molar-refractivity contribution in [3.05, 3.63) is 69.1 Å². The first-order valence-corrected chi connectivity index (χ1v) is 7.28. The monoisotopic (exact) mass is 306 g/mol. The molecule has 0 spiro atoms. The highest BCUT2D eigenvalue weighted by Gasteiger charge is 2.18. The molecule has 2 nitrogen and oxygen atoms in total. The zero-order chi connectivity index (χ0) is 14.1. The molecule has 3 rings (SSSR count). The molecular weight excluding hydrogens is 295 g/mol. The van der Waals surface area contributed by atoms with Crippen molar-refractivity contribution in [1.29, 1.82) is 0 Å². The van der Waals surface area contributed by atoms with Crippen molar-refractivity contribution in [2.24, 2.45) is 5.84 Å². The van der Waals surface area contributed by atoms with Crippen LogP contribution in [0.4, 0.5) is 4.39 Å². The number of rotatable bonds is 3. The maximum absolute atomic E-state index is 13.9. The number of halogens is 2. The van der Waals surface area contributed by atoms with Gasteiger partial charge >= 0.3 is 0 Å². The first kappa shape index (κ1) is 13.5. The molecule has 0 bridgehead atoms. The summed E-state index contributed by atoms with van der Waals surface area (Å²) in [6.07, 6.45) is 0. The van der Waals surface area contributed by atoms with Crippen LogP contribution in [-0.4, -0.2) is 0 Å². The molecule has 3 N–H and O–H groups in total. The molecule has 2 aromatic carbocycles. The second-order valence-corrected chi connectivity index (χ2v) is 6.17. The Morgan fingerprint density at radius 1 is 1.05 bits per heavy atom. The molecule has 1 heterocycles. The lowest BCUT2D eigenvalue weighted by molar-refractivity contribution is 0.631. The van der Waals surface area contributed by atoms with E-state index in [-0.39, 0.29) is 11.9 Å². The summed E-state index contributed by atoms with van der Waals surface area (Å²) in [7, 11) is 0. The van der Waals surface area contributed by atoms with Crippen LogP contribution in [0.1, 0.15) is 16.5 Å². The molecule has 5 heteroatoms. The van der Waals surface area contributed by atoms with Crippen LogP contribution in [0.25, 0.3) is 10.8 Å². The van der Waals surface area contributed by atoms with Gasteiger partial charge in [0.15, 0.2) is 0 Å². The van der Waals surface area contributed by atoms with Crippen LogP contribution in [0.5, 0.6) is 0 Å². The Morgan fingerprint density at radius 2 is 1.80 bits per heavy atom. The van der Waals surface area contributed by atoms with Gasteiger partial charge in [-0.25, -0.2) is 9.82 Å². The summed E-state index contributed by atoms with van der Waals surface area (Å²) >= 11 is 7.44. The van der Waals surface area contributed by atoms with E-state index in [0.29, 0.717) is 9.72 Å². The van der Waals surface area contributed by atoms with Crippen molar-refractivity contribution in [1.82, 2.24) is 5.43 Å². The highest BCUT2D eigenvalue weighted by molar-refractivity contribution is 7.16. The van der Waals surface area contributed by atoms with Crippen LogP contribution in [-0.2, 0) is 0 Å². The van der Waals surface area contributed by atoms with Crippen LogP contribution < -0.4 is 11.3 Å². The quantitative estimate of drug-likeness (QED) is 0.561. The van der Waals surface area contributed by atoms with Gasteiger partial charge in [0, 0.05) is 10.3 Å². The molecule has 0 aliphatic rings. The number of thiophene rings is 1. The molecule has 3 aromatic rings. The fourth-order valence-electron chi connectivity index (χ4n) is 2.35. The first-order valence-electron chi connectivity index (χ1n) is 6.09. The Hall–Kier alpha value is -1.46. The van der Waals surface area contributed by atoms with Crippen molar-refractivity contribution < 1.29 is 4.39 Å². The summed E-state index contributed by atoms with van der Waals surface area (Å²) in [5.41, 5.74) is 3.72. The normalized spacial score (nSPS) is 12.8. The van der Waals surface area contributed by atoms with E-state index in [2.05, 4.69) is 5.43 Å². The smallest absolute Gasteiger partial charge is 0.131 e. The lowest BCUT2D eigenvalue weighted by Crippen LogP contribution is -2.28. The summed E-state index contributed by atoms with van der Waals surface area (Å²) < 4.78 is 14.6. The third kappa shape index (κ3) is 2.31. The van der Waals surface area contributed by atoms with E-state index in [4.69, 9.17) is 17.4 Å². The van der Waals surface area contributed by atoms with E-state index in [1.165, 1.54) is 17.4 Å². The van der Waals surface area contributed by atoms with Crippen LogP contribution in [0.3, 0.4) is 0 Å². The molecular formula is C15H12ClFN2S. The predicted octanol–water partition coefficient (Wildman–Crippen LogP) is 4.25. The summed E-state index contributed by atoms with van der Waals surface area (Å²) in [6, 6.07) is 14.2. The minimum Gasteiger partial charge on any atom is -0.271 e. The Bertz CT molecular complexity index is 756. The van der Waals surface area contributed by atoms with Crippen LogP contribution in [0, 0.1) is 5.82 Å². The second kappa shape index (κ2) is 5.50. The van der Waals surface area contributed by atoms with E-state index in [1.54, 1.807) is 12.1 Å². The topological polar surface area (TPSA) is 38.0 Å². The standard InChI is InChI=1S/C15H12ClFN2S/c16-14-8-7-13(20-14)15(19-18)11-5-6-12(17)10-4-2-1-3-9(10)11/h1-8,15,19H,18H2. The highest BCUT2D eigenvalue weighted by Crippen LogP contribution is 2.34. The lowest BCUT2D eigenvalue weighted by Gasteiger charge is -2.17. The van der Waals surface area contributed by atoms with E-state index < -0.39 is 0 Å². The second-order valence-electron chi connectivity index (χ2n) is 4.42. The zero-order valence-corrected chi connectivity index (χ0v) is 12.0. The minimum absolute atomic E-state index is 0.210. The van der Waals surface area contributed by atoms with Crippen LogP contribution in [0.2, 0.25) is 4.34 Å². The van der Waals surface area contributed by atoms with E-state index in [9.17, 15) is 4.39 Å². The lowest BCUT2D eigenvalue weighted by atomic mass is 9.98. The molecule has 0 saturated heterocycles. The van der Waals surface area contributed by atoms with Gasteiger partial charge in [0.1, 0.15) is 5.82 Å². The van der Waals surface area contributed by atoms with Crippen LogP contribution >= 0.6 is 22.9 Å². The minimum atomic E-state index is -0.232. The predicted molar refractivity (Wildman–Crippen MR) is 82.4 cm³/mol. The molecule has 0 aliphatic carbocycles. The molecule has 0 fully saturated rings. The van der Waals surface area contributed by atoms with E-state index >= 15 is 0 Å². The van der Waals surface area contributed by atoms with Crippen molar-refractivity contribution in [2.75, 3.05) is 0 Å². The largest absolute Gasteiger partial charge is 0.271 e. The Morgan fingerprint density at radius 3 is 2.45 bits per heavy atom. The van der Waals surface area contributed by atoms with Gasteiger partial charge in [0.05, 0.1) is 10.4 Å². The molecule has 20 heavy (non-hydrogen) atoms. The van der Waals surface area contributed by atoms with Gasteiger partial charge in [-0.15, -0.1) is 11.3 Å². The van der Waals surface area contributed by atoms with Crippen molar-refractivity contribution in [2.45, 2.75) is 6.04 Å². The third-order valence-electron chi connectivity index (χ3n) is 3.26. The molecule has 1 unspecified atom stereocenters. The fourth-order valence-corrected chi connectivity index (χ4v) is 3.49. The van der Waals surface area contributed by atoms with Gasteiger partial charge < -0.3 is 0 Å². The SMILES string of the molecule is NNC(c1ccc(Cl)s1)c1ccc(F)c2ccccc12. The number of nitrogens with one attached hydrogen (secondary N) is 1. The van der Waals surface area contributed by atoms with E-state index in [0.717, 1.165) is 15.8 Å². The Kier molecular flexibility index (Phi) is 3.72. The maximum atomic E-state index is 13.9. The maximum Gasteiger partial charge on any atom is 0.131 e. The molecule has 102 valence electrons. The van der Waals surface area contributed by atoms with Gasteiger partial charge in [0.2, 0.25) is 0 Å². The molecule has 1 aromatic heterocycles. The number of nitrogens with two attached hydrogens (primary N) is 1. The molecule has 0 saturated carbocycles. The van der Waals surface area contributed by atoms with Crippen molar-refractivity contribution in [3.8, 4) is 0 Å².